The second kappa shape index (κ2) is 8.61. The molecule has 138 valence electrons. The Hall–Kier alpha value is -1.69. The van der Waals surface area contributed by atoms with Crippen LogP contribution >= 0.6 is 7.60 Å². The zero-order valence-corrected chi connectivity index (χ0v) is 15.2. The van der Waals surface area contributed by atoms with Crippen molar-refractivity contribution in [1.82, 2.24) is 10.2 Å². The Morgan fingerprint density at radius 3 is 2.36 bits per heavy atom. The largest absolute Gasteiger partial charge is 0.345 e. The lowest BCUT2D eigenvalue weighted by molar-refractivity contribution is -0.137. The number of nitrogens with one attached hydrogen (secondary N) is 1. The van der Waals surface area contributed by atoms with Crippen LogP contribution in [0.15, 0.2) is 30.3 Å². The third-order valence-corrected chi connectivity index (χ3v) is 5.30. The Balaban J connectivity index is 1.95. The monoisotopic (exact) mass is 368 g/mol. The zero-order chi connectivity index (χ0) is 18.4. The number of carbonyl (C=O) groups is 2. The lowest BCUT2D eigenvalue weighted by atomic mass is 9.89. The van der Waals surface area contributed by atoms with Crippen LogP contribution in [-0.4, -0.2) is 51.8 Å². The minimum absolute atomic E-state index is 0.0681. The van der Waals surface area contributed by atoms with E-state index in [1.807, 2.05) is 18.2 Å². The van der Waals surface area contributed by atoms with Gasteiger partial charge >= 0.3 is 7.60 Å². The summed E-state index contributed by atoms with van der Waals surface area (Å²) >= 11 is 0. The average Bonchev–Trinajstić information content (AvgIpc) is 2.58. The molecule has 7 nitrogen and oxygen atoms in total. The van der Waals surface area contributed by atoms with Gasteiger partial charge in [0.15, 0.2) is 0 Å². The summed E-state index contributed by atoms with van der Waals surface area (Å²) < 4.78 is 11.1. The Bertz CT molecular complexity index is 638. The van der Waals surface area contributed by atoms with Crippen molar-refractivity contribution >= 4 is 19.4 Å². The van der Waals surface area contributed by atoms with Gasteiger partial charge in [0, 0.05) is 20.0 Å². The standard InChI is InChI=1S/C17H25N2O5P/c1-13(20)18-16(9-12-25(22,23)24)17(21)19-10-7-15(8-11-19)14-5-3-2-4-6-14/h2-6,15-16H,7-12H2,1H3,(H,18,20)(H2,22,23,24)/t16-/m0/s1. The van der Waals surface area contributed by atoms with Crippen molar-refractivity contribution < 1.29 is 23.9 Å². The molecule has 0 saturated carbocycles. The van der Waals surface area contributed by atoms with Gasteiger partial charge in [0.1, 0.15) is 6.04 Å². The number of nitrogens with zero attached hydrogens (tertiary/aromatic N) is 1. The fourth-order valence-corrected chi connectivity index (χ4v) is 3.77. The summed E-state index contributed by atoms with van der Waals surface area (Å²) in [6.07, 6.45) is 1.17. The smallest absolute Gasteiger partial charge is 0.325 e. The predicted octanol–water partition coefficient (Wildman–Crippen LogP) is 1.47. The molecule has 3 N–H and O–H groups in total. The Morgan fingerprint density at radius 1 is 1.24 bits per heavy atom. The zero-order valence-electron chi connectivity index (χ0n) is 14.3. The van der Waals surface area contributed by atoms with Gasteiger partial charge in [-0.05, 0) is 30.7 Å². The van der Waals surface area contributed by atoms with Crippen molar-refractivity contribution in [3.8, 4) is 0 Å². The van der Waals surface area contributed by atoms with E-state index in [1.54, 1.807) is 4.90 Å². The van der Waals surface area contributed by atoms with Crippen molar-refractivity contribution in [3.05, 3.63) is 35.9 Å². The summed E-state index contributed by atoms with van der Waals surface area (Å²) in [5.74, 6) is -0.252. The number of benzene rings is 1. The molecule has 0 aromatic heterocycles. The number of hydrogen-bond donors (Lipinski definition) is 3. The highest BCUT2D eigenvalue weighted by Crippen LogP contribution is 2.35. The van der Waals surface area contributed by atoms with E-state index >= 15 is 0 Å². The molecule has 8 heteroatoms. The first kappa shape index (κ1) is 19.6. The van der Waals surface area contributed by atoms with Crippen molar-refractivity contribution in [3.63, 3.8) is 0 Å². The molecule has 1 saturated heterocycles. The Labute approximate surface area is 147 Å². The summed E-state index contributed by atoms with van der Waals surface area (Å²) in [6.45, 7) is 2.44. The number of hydrogen-bond acceptors (Lipinski definition) is 3. The molecule has 0 unspecified atom stereocenters. The number of rotatable bonds is 6. The van der Waals surface area contributed by atoms with Gasteiger partial charge in [0.2, 0.25) is 11.8 Å². The highest BCUT2D eigenvalue weighted by molar-refractivity contribution is 7.51. The molecular weight excluding hydrogens is 343 g/mol. The van der Waals surface area contributed by atoms with Crippen LogP contribution in [-0.2, 0) is 14.2 Å². The average molecular weight is 368 g/mol. The van der Waals surface area contributed by atoms with Crippen LogP contribution in [0.3, 0.4) is 0 Å². The lowest BCUT2D eigenvalue weighted by Gasteiger charge is -2.34. The van der Waals surface area contributed by atoms with Gasteiger partial charge in [-0.1, -0.05) is 30.3 Å². The van der Waals surface area contributed by atoms with Gasteiger partial charge in [0.25, 0.3) is 0 Å². The second-order valence-corrected chi connectivity index (χ2v) is 8.22. The van der Waals surface area contributed by atoms with E-state index in [0.29, 0.717) is 19.0 Å². The van der Waals surface area contributed by atoms with E-state index in [0.717, 1.165) is 12.8 Å². The van der Waals surface area contributed by atoms with Gasteiger partial charge in [-0.3, -0.25) is 14.2 Å². The summed E-state index contributed by atoms with van der Waals surface area (Å²) in [7, 11) is -4.21. The van der Waals surface area contributed by atoms with Gasteiger partial charge in [-0.2, -0.15) is 0 Å². The lowest BCUT2D eigenvalue weighted by Crippen LogP contribution is -2.50. The minimum Gasteiger partial charge on any atom is -0.345 e. The number of carbonyl (C=O) groups excluding carboxylic acids is 2. The predicted molar refractivity (Wildman–Crippen MR) is 94.1 cm³/mol. The molecule has 2 amide bonds. The molecule has 0 spiro atoms. The summed E-state index contributed by atoms with van der Waals surface area (Å²) in [5.41, 5.74) is 1.26. The minimum atomic E-state index is -4.21. The normalized spacial score (nSPS) is 17.2. The van der Waals surface area contributed by atoms with Gasteiger partial charge in [-0.15, -0.1) is 0 Å². The SMILES string of the molecule is CC(=O)N[C@@H](CCP(=O)(O)O)C(=O)N1CCC(c2ccccc2)CC1. The number of amides is 2. The second-order valence-electron chi connectivity index (χ2n) is 6.44. The molecule has 1 heterocycles. The van der Waals surface area contributed by atoms with E-state index in [9.17, 15) is 14.2 Å². The highest BCUT2D eigenvalue weighted by Gasteiger charge is 2.30. The molecule has 25 heavy (non-hydrogen) atoms. The van der Waals surface area contributed by atoms with Crippen LogP contribution in [0.2, 0.25) is 0 Å². The molecule has 2 rings (SSSR count). The Kier molecular flexibility index (Phi) is 6.76. The highest BCUT2D eigenvalue weighted by atomic mass is 31.2. The van der Waals surface area contributed by atoms with Gasteiger partial charge in [-0.25, -0.2) is 0 Å². The molecule has 1 fully saturated rings. The van der Waals surface area contributed by atoms with Crippen molar-refractivity contribution in [2.75, 3.05) is 19.3 Å². The molecule has 0 radical (unpaired) electrons. The van der Waals surface area contributed by atoms with Gasteiger partial charge < -0.3 is 20.0 Å². The van der Waals surface area contributed by atoms with Crippen LogP contribution in [0.25, 0.3) is 0 Å². The Morgan fingerprint density at radius 2 is 1.84 bits per heavy atom. The van der Waals surface area contributed by atoms with Crippen LogP contribution in [0.4, 0.5) is 0 Å². The summed E-state index contributed by atoms with van der Waals surface area (Å²) in [5, 5.41) is 2.52. The van der Waals surface area contributed by atoms with E-state index in [1.165, 1.54) is 12.5 Å². The maximum absolute atomic E-state index is 12.7. The van der Waals surface area contributed by atoms with Crippen LogP contribution in [0.5, 0.6) is 0 Å². The molecule has 1 aromatic rings. The molecule has 0 bridgehead atoms. The van der Waals surface area contributed by atoms with Crippen LogP contribution in [0, 0.1) is 0 Å². The fraction of sp³-hybridized carbons (Fsp3) is 0.529. The summed E-state index contributed by atoms with van der Waals surface area (Å²) in [4.78, 5) is 43.7. The van der Waals surface area contributed by atoms with E-state index < -0.39 is 19.8 Å². The van der Waals surface area contributed by atoms with Crippen molar-refractivity contribution in [1.29, 1.82) is 0 Å². The quantitative estimate of drug-likeness (QED) is 0.659. The van der Waals surface area contributed by atoms with Gasteiger partial charge in [0.05, 0.1) is 6.16 Å². The maximum atomic E-state index is 12.7. The first-order valence-electron chi connectivity index (χ1n) is 8.41. The van der Waals surface area contributed by atoms with Crippen molar-refractivity contribution in [2.45, 2.75) is 38.1 Å². The number of piperidine rings is 1. The third-order valence-electron chi connectivity index (χ3n) is 4.46. The van der Waals surface area contributed by atoms with Crippen LogP contribution in [0.1, 0.15) is 37.7 Å². The topological polar surface area (TPSA) is 107 Å². The molecule has 1 aliphatic rings. The van der Waals surface area contributed by atoms with E-state index in [4.69, 9.17) is 9.79 Å². The molecule has 1 aliphatic heterocycles. The van der Waals surface area contributed by atoms with Crippen LogP contribution < -0.4 is 5.32 Å². The molecular formula is C17H25N2O5P. The molecule has 1 atom stereocenters. The van der Waals surface area contributed by atoms with E-state index in [-0.39, 0.29) is 18.2 Å². The first-order valence-corrected chi connectivity index (χ1v) is 10.2. The number of likely N-dealkylation sites (tertiary alicyclic amines) is 1. The third kappa shape index (κ3) is 6.27. The van der Waals surface area contributed by atoms with Crippen molar-refractivity contribution in [2.24, 2.45) is 0 Å². The van der Waals surface area contributed by atoms with E-state index in [2.05, 4.69) is 17.4 Å². The maximum Gasteiger partial charge on any atom is 0.325 e. The first-order chi connectivity index (χ1) is 11.8. The fourth-order valence-electron chi connectivity index (χ4n) is 3.18. The summed E-state index contributed by atoms with van der Waals surface area (Å²) in [6, 6.07) is 9.26. The molecule has 1 aromatic carbocycles. The molecule has 0 aliphatic carbocycles.